The minimum Gasteiger partial charge on any atom is -0.394 e. The molecule has 0 aliphatic carbocycles. The molecule has 0 heterocycles. The molecule has 14 heavy (non-hydrogen) atoms. The van der Waals surface area contributed by atoms with Gasteiger partial charge in [0.25, 0.3) is 0 Å². The van der Waals surface area contributed by atoms with E-state index in [1.807, 2.05) is 13.8 Å². The second-order valence-corrected chi connectivity index (χ2v) is 6.82. The van der Waals surface area contributed by atoms with E-state index in [-0.39, 0.29) is 0 Å². The summed E-state index contributed by atoms with van der Waals surface area (Å²) in [5, 5.41) is 0. The molecule has 0 rings (SSSR count). The Bertz CT molecular complexity index is 116. The lowest BCUT2D eigenvalue weighted by molar-refractivity contribution is 0.181. The molecular weight excluding hydrogens is 194 g/mol. The zero-order valence-electron chi connectivity index (χ0n) is 9.84. The molecule has 0 unspecified atom stereocenters. The molecule has 0 aliphatic heterocycles. The Balaban J connectivity index is 4.21. The van der Waals surface area contributed by atoms with Crippen molar-refractivity contribution in [2.24, 2.45) is 5.73 Å². The minimum absolute atomic E-state index is 0.735. The lowest BCUT2D eigenvalue weighted by Gasteiger charge is -2.29. The summed E-state index contributed by atoms with van der Waals surface area (Å²) in [6.07, 6.45) is 2.16. The summed E-state index contributed by atoms with van der Waals surface area (Å²) in [4.78, 5) is 0. The average molecular weight is 219 g/mol. The summed E-state index contributed by atoms with van der Waals surface area (Å²) in [5.41, 5.74) is 5.54. The van der Waals surface area contributed by atoms with Crippen molar-refractivity contribution >= 4 is 8.56 Å². The molecule has 0 bridgehead atoms. The summed E-state index contributed by atoms with van der Waals surface area (Å²) in [6.45, 7) is 8.52. The number of nitrogens with two attached hydrogens (primary N) is 1. The predicted molar refractivity (Wildman–Crippen MR) is 62.6 cm³/mol. The molecule has 0 amide bonds. The molecule has 0 spiro atoms. The fourth-order valence-electron chi connectivity index (χ4n) is 1.73. The van der Waals surface area contributed by atoms with E-state index in [0.717, 1.165) is 44.7 Å². The van der Waals surface area contributed by atoms with E-state index < -0.39 is 8.56 Å². The van der Waals surface area contributed by atoms with E-state index in [9.17, 15) is 0 Å². The van der Waals surface area contributed by atoms with Crippen LogP contribution >= 0.6 is 0 Å². The Labute approximate surface area is 89.2 Å². The van der Waals surface area contributed by atoms with Gasteiger partial charge in [-0.1, -0.05) is 13.3 Å². The van der Waals surface area contributed by atoms with Crippen molar-refractivity contribution in [3.05, 3.63) is 0 Å². The smallest absolute Gasteiger partial charge is 0.338 e. The van der Waals surface area contributed by atoms with Crippen LogP contribution in [0.4, 0.5) is 0 Å². The van der Waals surface area contributed by atoms with Gasteiger partial charge in [-0.3, -0.25) is 0 Å². The van der Waals surface area contributed by atoms with Crippen molar-refractivity contribution in [3.8, 4) is 0 Å². The SMILES string of the molecule is CCC[Si](CCCN)(OCC)OCC. The van der Waals surface area contributed by atoms with E-state index in [4.69, 9.17) is 14.6 Å². The van der Waals surface area contributed by atoms with Crippen LogP contribution in [0.1, 0.15) is 33.6 Å². The maximum absolute atomic E-state index is 5.87. The molecule has 0 atom stereocenters. The van der Waals surface area contributed by atoms with Crippen LogP contribution in [-0.4, -0.2) is 28.3 Å². The molecule has 2 N–H and O–H groups in total. The van der Waals surface area contributed by atoms with Gasteiger partial charge in [-0.2, -0.15) is 0 Å². The first kappa shape index (κ1) is 14.1. The van der Waals surface area contributed by atoms with Crippen LogP contribution in [0.3, 0.4) is 0 Å². The fourth-order valence-corrected chi connectivity index (χ4v) is 5.20. The molecule has 0 fully saturated rings. The Kier molecular flexibility index (Phi) is 8.47. The molecule has 0 saturated heterocycles. The summed E-state index contributed by atoms with van der Waals surface area (Å²) in [6, 6.07) is 2.13. The van der Waals surface area contributed by atoms with Crippen LogP contribution in [0.2, 0.25) is 12.1 Å². The fraction of sp³-hybridized carbons (Fsp3) is 1.00. The van der Waals surface area contributed by atoms with Gasteiger partial charge in [-0.25, -0.2) is 0 Å². The quantitative estimate of drug-likeness (QED) is 0.605. The molecule has 86 valence electrons. The molecule has 0 saturated carbocycles. The minimum atomic E-state index is -1.90. The van der Waals surface area contributed by atoms with E-state index in [2.05, 4.69) is 6.92 Å². The standard InChI is InChI=1S/C10H25NO2Si/c1-4-9-14(12-5-2,13-6-3)10-7-8-11/h4-11H2,1-3H3. The van der Waals surface area contributed by atoms with Crippen molar-refractivity contribution in [3.63, 3.8) is 0 Å². The first-order chi connectivity index (χ1) is 6.74. The highest BCUT2D eigenvalue weighted by Crippen LogP contribution is 2.22. The normalized spacial score (nSPS) is 12.0. The van der Waals surface area contributed by atoms with Crippen LogP contribution in [0.25, 0.3) is 0 Å². The third-order valence-corrected chi connectivity index (χ3v) is 6.21. The van der Waals surface area contributed by atoms with Gasteiger partial charge in [0.15, 0.2) is 0 Å². The van der Waals surface area contributed by atoms with Gasteiger partial charge in [0.2, 0.25) is 0 Å². The van der Waals surface area contributed by atoms with Crippen molar-refractivity contribution < 1.29 is 8.85 Å². The largest absolute Gasteiger partial charge is 0.394 e. The number of hydrogen-bond acceptors (Lipinski definition) is 3. The second-order valence-electron chi connectivity index (χ2n) is 3.42. The summed E-state index contributed by atoms with van der Waals surface area (Å²) in [5.74, 6) is 0. The Morgan fingerprint density at radius 3 is 1.93 bits per heavy atom. The number of rotatable bonds is 9. The Morgan fingerprint density at radius 1 is 1.00 bits per heavy atom. The highest BCUT2D eigenvalue weighted by atomic mass is 28.4. The van der Waals surface area contributed by atoms with Crippen molar-refractivity contribution in [1.82, 2.24) is 0 Å². The lowest BCUT2D eigenvalue weighted by atomic mass is 10.5. The molecule has 0 aliphatic rings. The van der Waals surface area contributed by atoms with Crippen molar-refractivity contribution in [2.75, 3.05) is 19.8 Å². The molecule has 0 radical (unpaired) electrons. The van der Waals surface area contributed by atoms with Crippen LogP contribution in [-0.2, 0) is 8.85 Å². The molecule has 4 heteroatoms. The summed E-state index contributed by atoms with van der Waals surface area (Å²) in [7, 11) is -1.90. The maximum atomic E-state index is 5.87. The van der Waals surface area contributed by atoms with Gasteiger partial charge in [-0.05, 0) is 38.9 Å². The zero-order chi connectivity index (χ0) is 10.9. The molecule has 0 aromatic carbocycles. The van der Waals surface area contributed by atoms with Gasteiger partial charge in [0, 0.05) is 13.2 Å². The maximum Gasteiger partial charge on any atom is 0.338 e. The van der Waals surface area contributed by atoms with Gasteiger partial charge < -0.3 is 14.6 Å². The Morgan fingerprint density at radius 2 is 1.57 bits per heavy atom. The summed E-state index contributed by atoms with van der Waals surface area (Å²) < 4.78 is 11.7. The van der Waals surface area contributed by atoms with Gasteiger partial charge in [-0.15, -0.1) is 0 Å². The molecular formula is C10H25NO2Si. The van der Waals surface area contributed by atoms with Crippen LogP contribution in [0, 0.1) is 0 Å². The van der Waals surface area contributed by atoms with E-state index in [0.29, 0.717) is 0 Å². The van der Waals surface area contributed by atoms with E-state index >= 15 is 0 Å². The lowest BCUT2D eigenvalue weighted by Crippen LogP contribution is -2.42. The molecule has 0 aromatic rings. The monoisotopic (exact) mass is 219 g/mol. The first-order valence-corrected chi connectivity index (χ1v) is 7.95. The van der Waals surface area contributed by atoms with Crippen molar-refractivity contribution in [2.45, 2.75) is 45.7 Å². The third kappa shape index (κ3) is 5.10. The van der Waals surface area contributed by atoms with Gasteiger partial charge in [0.1, 0.15) is 0 Å². The first-order valence-electron chi connectivity index (χ1n) is 5.72. The highest BCUT2D eigenvalue weighted by Gasteiger charge is 2.35. The number of hydrogen-bond donors (Lipinski definition) is 1. The third-order valence-electron chi connectivity index (χ3n) is 2.21. The molecule has 3 nitrogen and oxygen atoms in total. The van der Waals surface area contributed by atoms with Gasteiger partial charge >= 0.3 is 8.56 Å². The highest BCUT2D eigenvalue weighted by molar-refractivity contribution is 6.67. The average Bonchev–Trinajstić information content (AvgIpc) is 2.16. The topological polar surface area (TPSA) is 44.5 Å². The van der Waals surface area contributed by atoms with Gasteiger partial charge in [0.05, 0.1) is 0 Å². The van der Waals surface area contributed by atoms with E-state index in [1.54, 1.807) is 0 Å². The van der Waals surface area contributed by atoms with E-state index in [1.165, 1.54) is 0 Å². The van der Waals surface area contributed by atoms with Crippen LogP contribution in [0.5, 0.6) is 0 Å². The second kappa shape index (κ2) is 8.41. The summed E-state index contributed by atoms with van der Waals surface area (Å²) >= 11 is 0. The Hall–Kier alpha value is 0.0969. The van der Waals surface area contributed by atoms with Crippen LogP contribution < -0.4 is 5.73 Å². The van der Waals surface area contributed by atoms with Crippen LogP contribution in [0.15, 0.2) is 0 Å². The predicted octanol–water partition coefficient (Wildman–Crippen LogP) is 2.26. The van der Waals surface area contributed by atoms with Crippen molar-refractivity contribution in [1.29, 1.82) is 0 Å². The molecule has 0 aromatic heterocycles. The zero-order valence-corrected chi connectivity index (χ0v) is 10.8.